The Morgan fingerprint density at radius 2 is 2.22 bits per heavy atom. The smallest absolute Gasteiger partial charge is 0.303 e. The van der Waals surface area contributed by atoms with Crippen molar-refractivity contribution in [3.05, 3.63) is 12.4 Å². The van der Waals surface area contributed by atoms with Crippen molar-refractivity contribution < 1.29 is 14.6 Å². The number of carboxylic acid groups (broad SMARTS) is 1. The van der Waals surface area contributed by atoms with Gasteiger partial charge in [0, 0.05) is 25.1 Å². The summed E-state index contributed by atoms with van der Waals surface area (Å²) in [5.74, 6) is 0.477. The van der Waals surface area contributed by atoms with Crippen LogP contribution in [-0.4, -0.2) is 40.7 Å². The number of ether oxygens (including phenoxy) is 1. The molecule has 6 heteroatoms. The van der Waals surface area contributed by atoms with Gasteiger partial charge in [0.1, 0.15) is 12.1 Å². The Hall–Kier alpha value is -1.85. The fourth-order valence-corrected chi connectivity index (χ4v) is 1.64. The molecule has 0 amide bonds. The van der Waals surface area contributed by atoms with Gasteiger partial charge in [-0.05, 0) is 20.3 Å². The average Bonchev–Trinajstić information content (AvgIpc) is 2.34. The first-order valence-electron chi connectivity index (χ1n) is 5.89. The molecule has 18 heavy (non-hydrogen) atoms. The molecule has 0 saturated heterocycles. The number of hydrogen-bond acceptors (Lipinski definition) is 5. The van der Waals surface area contributed by atoms with E-state index in [0.717, 1.165) is 5.82 Å². The molecule has 0 atom stereocenters. The average molecular weight is 253 g/mol. The molecule has 0 fully saturated rings. The summed E-state index contributed by atoms with van der Waals surface area (Å²) >= 11 is 0. The van der Waals surface area contributed by atoms with E-state index in [-0.39, 0.29) is 12.5 Å². The highest BCUT2D eigenvalue weighted by Crippen LogP contribution is 2.18. The first-order chi connectivity index (χ1) is 8.54. The van der Waals surface area contributed by atoms with Gasteiger partial charge < -0.3 is 14.7 Å². The second kappa shape index (κ2) is 6.78. The molecule has 1 N–H and O–H groups in total. The quantitative estimate of drug-likeness (QED) is 0.794. The number of carboxylic acids is 1. The Balaban J connectivity index is 2.73. The van der Waals surface area contributed by atoms with Crippen LogP contribution in [0.25, 0.3) is 0 Å². The van der Waals surface area contributed by atoms with Crippen molar-refractivity contribution in [2.45, 2.75) is 32.7 Å². The Morgan fingerprint density at radius 3 is 2.78 bits per heavy atom. The van der Waals surface area contributed by atoms with Crippen molar-refractivity contribution in [3.8, 4) is 5.88 Å². The van der Waals surface area contributed by atoms with Gasteiger partial charge in [-0.1, -0.05) is 0 Å². The van der Waals surface area contributed by atoms with E-state index in [1.54, 1.807) is 13.2 Å². The normalized spacial score (nSPS) is 10.4. The fourth-order valence-electron chi connectivity index (χ4n) is 1.64. The highest BCUT2D eigenvalue weighted by molar-refractivity contribution is 5.66. The lowest BCUT2D eigenvalue weighted by Crippen LogP contribution is -2.32. The molecular formula is C12H19N3O3. The molecule has 0 aliphatic heterocycles. The largest absolute Gasteiger partial charge is 0.481 e. The molecule has 1 heterocycles. The summed E-state index contributed by atoms with van der Waals surface area (Å²) in [4.78, 5) is 20.7. The highest BCUT2D eigenvalue weighted by Gasteiger charge is 2.13. The van der Waals surface area contributed by atoms with Crippen LogP contribution in [-0.2, 0) is 4.79 Å². The third kappa shape index (κ3) is 4.20. The van der Waals surface area contributed by atoms with Crippen LogP contribution in [0.1, 0.15) is 26.7 Å². The molecule has 0 aliphatic carbocycles. The molecule has 100 valence electrons. The van der Waals surface area contributed by atoms with E-state index in [2.05, 4.69) is 9.97 Å². The van der Waals surface area contributed by atoms with Gasteiger partial charge in [-0.3, -0.25) is 4.79 Å². The summed E-state index contributed by atoms with van der Waals surface area (Å²) in [6, 6.07) is 1.99. The topological polar surface area (TPSA) is 75.5 Å². The Kier molecular flexibility index (Phi) is 5.35. The lowest BCUT2D eigenvalue weighted by Gasteiger charge is -2.27. The molecule has 0 aromatic carbocycles. The molecule has 0 spiro atoms. The van der Waals surface area contributed by atoms with E-state index in [1.165, 1.54) is 6.33 Å². The maximum Gasteiger partial charge on any atom is 0.303 e. The Bertz CT molecular complexity index is 396. The van der Waals surface area contributed by atoms with Gasteiger partial charge in [0.25, 0.3) is 0 Å². The van der Waals surface area contributed by atoms with E-state index in [1.807, 2.05) is 18.7 Å². The summed E-state index contributed by atoms with van der Waals surface area (Å²) in [6.45, 7) is 4.72. The predicted octanol–water partition coefficient (Wildman–Crippen LogP) is 1.56. The minimum atomic E-state index is -0.779. The summed E-state index contributed by atoms with van der Waals surface area (Å²) in [7, 11) is 1.55. The van der Waals surface area contributed by atoms with Crippen molar-refractivity contribution in [2.24, 2.45) is 0 Å². The minimum Gasteiger partial charge on any atom is -0.481 e. The summed E-state index contributed by atoms with van der Waals surface area (Å²) in [5, 5.41) is 8.65. The monoisotopic (exact) mass is 253 g/mol. The number of aromatic nitrogens is 2. The molecular weight excluding hydrogens is 234 g/mol. The van der Waals surface area contributed by atoms with E-state index in [9.17, 15) is 4.79 Å². The molecule has 0 aliphatic rings. The first kappa shape index (κ1) is 14.2. The number of nitrogens with zero attached hydrogens (tertiary/aromatic N) is 3. The van der Waals surface area contributed by atoms with Crippen LogP contribution in [0.4, 0.5) is 5.82 Å². The van der Waals surface area contributed by atoms with Crippen molar-refractivity contribution in [1.29, 1.82) is 0 Å². The van der Waals surface area contributed by atoms with Gasteiger partial charge in [-0.15, -0.1) is 0 Å². The fraction of sp³-hybridized carbons (Fsp3) is 0.583. The number of methoxy groups -OCH3 is 1. The van der Waals surface area contributed by atoms with E-state index in [0.29, 0.717) is 18.8 Å². The standard InChI is InChI=1S/C12H19N3O3/c1-9(2)15(6-4-5-12(16)17)10-7-11(18-3)14-8-13-10/h7-9H,4-6H2,1-3H3,(H,16,17). The summed E-state index contributed by atoms with van der Waals surface area (Å²) < 4.78 is 5.06. The maximum atomic E-state index is 10.5. The number of anilines is 1. The van der Waals surface area contributed by atoms with Crippen LogP contribution in [0.3, 0.4) is 0 Å². The zero-order valence-electron chi connectivity index (χ0n) is 11.0. The van der Waals surface area contributed by atoms with E-state index < -0.39 is 5.97 Å². The minimum absolute atomic E-state index is 0.158. The third-order valence-corrected chi connectivity index (χ3v) is 2.54. The summed E-state index contributed by atoms with van der Waals surface area (Å²) in [6.07, 6.45) is 2.19. The molecule has 0 saturated carbocycles. The zero-order valence-corrected chi connectivity index (χ0v) is 11.0. The van der Waals surface area contributed by atoms with Gasteiger partial charge in [-0.25, -0.2) is 9.97 Å². The van der Waals surface area contributed by atoms with E-state index in [4.69, 9.17) is 9.84 Å². The third-order valence-electron chi connectivity index (χ3n) is 2.54. The van der Waals surface area contributed by atoms with E-state index >= 15 is 0 Å². The van der Waals surface area contributed by atoms with Crippen molar-refractivity contribution in [1.82, 2.24) is 9.97 Å². The van der Waals surface area contributed by atoms with Crippen LogP contribution >= 0.6 is 0 Å². The predicted molar refractivity (Wildman–Crippen MR) is 67.9 cm³/mol. The molecule has 0 unspecified atom stereocenters. The van der Waals surface area contributed by atoms with Gasteiger partial charge in [0.2, 0.25) is 5.88 Å². The SMILES string of the molecule is COc1cc(N(CCCC(=O)O)C(C)C)ncn1. The van der Waals surface area contributed by atoms with Gasteiger partial charge in [0.05, 0.1) is 7.11 Å². The Labute approximate surface area is 107 Å². The van der Waals surface area contributed by atoms with Crippen LogP contribution < -0.4 is 9.64 Å². The van der Waals surface area contributed by atoms with Gasteiger partial charge in [-0.2, -0.15) is 0 Å². The molecule has 1 aromatic rings. The molecule has 0 bridgehead atoms. The van der Waals surface area contributed by atoms with Crippen molar-refractivity contribution in [2.75, 3.05) is 18.6 Å². The van der Waals surface area contributed by atoms with Crippen LogP contribution in [0.15, 0.2) is 12.4 Å². The summed E-state index contributed by atoms with van der Waals surface area (Å²) in [5.41, 5.74) is 0. The van der Waals surface area contributed by atoms with Crippen LogP contribution in [0.5, 0.6) is 5.88 Å². The molecule has 0 radical (unpaired) electrons. The van der Waals surface area contributed by atoms with Crippen LogP contribution in [0, 0.1) is 0 Å². The zero-order chi connectivity index (χ0) is 13.5. The number of rotatable bonds is 7. The van der Waals surface area contributed by atoms with Crippen molar-refractivity contribution in [3.63, 3.8) is 0 Å². The van der Waals surface area contributed by atoms with Gasteiger partial charge in [0.15, 0.2) is 0 Å². The molecule has 6 nitrogen and oxygen atoms in total. The lowest BCUT2D eigenvalue weighted by molar-refractivity contribution is -0.137. The number of aliphatic carboxylic acids is 1. The molecule has 1 rings (SSSR count). The van der Waals surface area contributed by atoms with Gasteiger partial charge >= 0.3 is 5.97 Å². The highest BCUT2D eigenvalue weighted by atomic mass is 16.5. The number of hydrogen-bond donors (Lipinski definition) is 1. The molecule has 1 aromatic heterocycles. The van der Waals surface area contributed by atoms with Crippen molar-refractivity contribution >= 4 is 11.8 Å². The lowest BCUT2D eigenvalue weighted by atomic mass is 10.2. The second-order valence-electron chi connectivity index (χ2n) is 4.20. The van der Waals surface area contributed by atoms with Crippen LogP contribution in [0.2, 0.25) is 0 Å². The maximum absolute atomic E-state index is 10.5. The second-order valence-corrected chi connectivity index (χ2v) is 4.20. The first-order valence-corrected chi connectivity index (χ1v) is 5.89. The Morgan fingerprint density at radius 1 is 1.50 bits per heavy atom. The number of carbonyl (C=O) groups is 1.